The van der Waals surface area contributed by atoms with Gasteiger partial charge in [0.25, 0.3) is 0 Å². The van der Waals surface area contributed by atoms with Gasteiger partial charge >= 0.3 is 0 Å². The quantitative estimate of drug-likeness (QED) is 0.461. The van der Waals surface area contributed by atoms with E-state index in [0.29, 0.717) is 11.1 Å². The minimum atomic E-state index is -3.78. The number of hydrogen-bond acceptors (Lipinski definition) is 5. The summed E-state index contributed by atoms with van der Waals surface area (Å²) < 4.78 is 93.6. The van der Waals surface area contributed by atoms with Gasteiger partial charge in [0, 0.05) is 31.3 Å². The lowest BCUT2D eigenvalue weighted by Gasteiger charge is -2.33. The van der Waals surface area contributed by atoms with Gasteiger partial charge in [0.1, 0.15) is 31.1 Å². The molecule has 0 bridgehead atoms. The van der Waals surface area contributed by atoms with E-state index < -0.39 is 46.2 Å². The van der Waals surface area contributed by atoms with Crippen LogP contribution >= 0.6 is 0 Å². The maximum Gasteiger partial charge on any atom is 0.175 e. The Balaban J connectivity index is 1.97. The third-order valence-corrected chi connectivity index (χ3v) is 7.38. The fourth-order valence-corrected chi connectivity index (χ4v) is 5.90. The van der Waals surface area contributed by atoms with Crippen molar-refractivity contribution < 1.29 is 35.5 Å². The van der Waals surface area contributed by atoms with Crippen molar-refractivity contribution in [3.63, 3.8) is 0 Å². The highest BCUT2D eigenvalue weighted by Crippen LogP contribution is 2.50. The molecule has 0 aromatic heterocycles. The summed E-state index contributed by atoms with van der Waals surface area (Å²) >= 11 is 0. The summed E-state index contributed by atoms with van der Waals surface area (Å²) in [5.41, 5.74) is 0.499. The molecule has 2 aliphatic rings. The van der Waals surface area contributed by atoms with E-state index in [1.165, 1.54) is 19.2 Å². The summed E-state index contributed by atoms with van der Waals surface area (Å²) in [5.74, 6) is -1.76. The van der Waals surface area contributed by atoms with Gasteiger partial charge in [0.2, 0.25) is 0 Å². The van der Waals surface area contributed by atoms with Crippen LogP contribution in [0.15, 0.2) is 29.2 Å². The van der Waals surface area contributed by atoms with Crippen molar-refractivity contribution >= 4 is 9.84 Å². The zero-order valence-corrected chi connectivity index (χ0v) is 18.6. The van der Waals surface area contributed by atoms with E-state index in [1.807, 2.05) is 6.07 Å². The second-order valence-electron chi connectivity index (χ2n) is 8.31. The number of ether oxygens (including phenoxy) is 2. The van der Waals surface area contributed by atoms with Crippen LogP contribution in [0.4, 0.5) is 17.6 Å². The van der Waals surface area contributed by atoms with E-state index in [4.69, 9.17) is 9.47 Å². The molecule has 0 radical (unpaired) electrons. The molecule has 33 heavy (non-hydrogen) atoms. The zero-order valence-electron chi connectivity index (χ0n) is 17.8. The molecule has 0 saturated heterocycles. The van der Waals surface area contributed by atoms with Crippen molar-refractivity contribution in [2.45, 2.75) is 48.3 Å². The number of nitriles is 1. The van der Waals surface area contributed by atoms with Gasteiger partial charge in [-0.25, -0.2) is 26.0 Å². The maximum atomic E-state index is 15.0. The number of fused-ring (bicyclic) bond motifs is 2. The van der Waals surface area contributed by atoms with Gasteiger partial charge in [-0.3, -0.25) is 0 Å². The highest BCUT2D eigenvalue weighted by atomic mass is 32.2. The summed E-state index contributed by atoms with van der Waals surface area (Å²) in [6, 6.07) is 6.38. The standard InChI is InChI=1S/C23H21F4NO4S/c1-31-10-32-23-18(26)8-15-13(3-4-19(21(15)23)33(2,29)30)14-7-17(25)22(27)16-6-12(24)5-11(9-28)20(14)16/h3-6,14,17-18,22-23H,7-8,10H2,1-2H3/t14-,17+,18-,22-,23-/m1/s1. The van der Waals surface area contributed by atoms with Crippen LogP contribution in [0.1, 0.15) is 58.0 Å². The van der Waals surface area contributed by atoms with Crippen LogP contribution in [0, 0.1) is 17.1 Å². The van der Waals surface area contributed by atoms with E-state index >= 15 is 4.39 Å². The number of nitrogens with zero attached hydrogens (tertiary/aromatic N) is 1. The smallest absolute Gasteiger partial charge is 0.175 e. The molecule has 0 saturated carbocycles. The average molecular weight is 483 g/mol. The summed E-state index contributed by atoms with van der Waals surface area (Å²) in [6.45, 7) is -0.280. The first-order valence-electron chi connectivity index (χ1n) is 10.2. The van der Waals surface area contributed by atoms with Crippen molar-refractivity contribution in [3.05, 3.63) is 63.5 Å². The third kappa shape index (κ3) is 4.03. The molecule has 2 aromatic carbocycles. The molecular weight excluding hydrogens is 462 g/mol. The van der Waals surface area contributed by atoms with Gasteiger partial charge in [-0.2, -0.15) is 5.26 Å². The number of benzene rings is 2. The van der Waals surface area contributed by atoms with E-state index in [9.17, 15) is 26.9 Å². The summed E-state index contributed by atoms with van der Waals surface area (Å²) in [4.78, 5) is -0.127. The minimum absolute atomic E-state index is 0.111. The molecule has 5 atom stereocenters. The Labute approximate surface area is 188 Å². The Hall–Kier alpha value is -2.48. The first-order chi connectivity index (χ1) is 15.6. The maximum absolute atomic E-state index is 15.0. The van der Waals surface area contributed by atoms with Gasteiger partial charge in [-0.05, 0) is 46.9 Å². The van der Waals surface area contributed by atoms with E-state index in [0.717, 1.165) is 18.4 Å². The van der Waals surface area contributed by atoms with Crippen molar-refractivity contribution in [2.24, 2.45) is 0 Å². The lowest BCUT2D eigenvalue weighted by molar-refractivity contribution is -0.0939. The van der Waals surface area contributed by atoms with Crippen LogP contribution in [-0.4, -0.2) is 40.9 Å². The molecule has 10 heteroatoms. The number of alkyl halides is 3. The Kier molecular flexibility index (Phi) is 6.24. The molecule has 2 aromatic rings. The lowest BCUT2D eigenvalue weighted by atomic mass is 9.74. The summed E-state index contributed by atoms with van der Waals surface area (Å²) in [5, 5.41) is 9.55. The van der Waals surface area contributed by atoms with Crippen molar-refractivity contribution in [3.8, 4) is 6.07 Å². The fourth-order valence-electron chi connectivity index (χ4n) is 4.95. The second-order valence-corrected chi connectivity index (χ2v) is 10.3. The molecule has 0 fully saturated rings. The second kappa shape index (κ2) is 8.70. The Morgan fingerprint density at radius 1 is 1.12 bits per heavy atom. The molecule has 5 nitrogen and oxygen atoms in total. The molecular formula is C23H21F4NO4S. The monoisotopic (exact) mass is 483 g/mol. The largest absolute Gasteiger partial charge is 0.359 e. The number of methoxy groups -OCH3 is 1. The molecule has 0 spiro atoms. The Bertz CT molecular complexity index is 1240. The van der Waals surface area contributed by atoms with Crippen molar-refractivity contribution in [1.82, 2.24) is 0 Å². The fraction of sp³-hybridized carbons (Fsp3) is 0.435. The molecule has 0 amide bonds. The van der Waals surface area contributed by atoms with E-state index in [1.54, 1.807) is 0 Å². The van der Waals surface area contributed by atoms with Crippen LogP contribution in [0.3, 0.4) is 0 Å². The van der Waals surface area contributed by atoms with Crippen LogP contribution < -0.4 is 0 Å². The molecule has 2 aliphatic carbocycles. The van der Waals surface area contributed by atoms with Crippen molar-refractivity contribution in [2.75, 3.05) is 20.2 Å². The van der Waals surface area contributed by atoms with Crippen LogP contribution in [-0.2, 0) is 25.7 Å². The summed E-state index contributed by atoms with van der Waals surface area (Å²) in [6.07, 6.45) is -6.52. The highest BCUT2D eigenvalue weighted by Gasteiger charge is 2.44. The first kappa shape index (κ1) is 23.7. The topological polar surface area (TPSA) is 76.4 Å². The number of halogens is 4. The van der Waals surface area contributed by atoms with Crippen LogP contribution in [0.2, 0.25) is 0 Å². The SMILES string of the molecule is COCO[C@H]1c2c(S(C)(=O)=O)ccc([C@H]3C[C@H](F)[C@H](F)c4cc(F)cc(C#N)c43)c2C[C@H]1F. The van der Waals surface area contributed by atoms with Gasteiger partial charge in [0.15, 0.2) is 16.0 Å². The molecule has 0 aliphatic heterocycles. The van der Waals surface area contributed by atoms with E-state index in [2.05, 4.69) is 0 Å². The number of sulfone groups is 1. The third-order valence-electron chi connectivity index (χ3n) is 6.23. The normalized spacial score (nSPS) is 26.5. The van der Waals surface area contributed by atoms with Gasteiger partial charge in [0.05, 0.1) is 16.5 Å². The number of hydrogen-bond donors (Lipinski definition) is 0. The lowest BCUT2D eigenvalue weighted by Crippen LogP contribution is -2.25. The zero-order chi connectivity index (χ0) is 24.1. The van der Waals surface area contributed by atoms with Crippen LogP contribution in [0.25, 0.3) is 0 Å². The highest BCUT2D eigenvalue weighted by molar-refractivity contribution is 7.90. The average Bonchev–Trinajstić information content (AvgIpc) is 3.08. The number of rotatable bonds is 5. The van der Waals surface area contributed by atoms with Crippen LogP contribution in [0.5, 0.6) is 0 Å². The molecule has 0 N–H and O–H groups in total. The predicted molar refractivity (Wildman–Crippen MR) is 110 cm³/mol. The van der Waals surface area contributed by atoms with Gasteiger partial charge < -0.3 is 9.47 Å². The molecule has 4 rings (SSSR count). The predicted octanol–water partition coefficient (Wildman–Crippen LogP) is 4.54. The van der Waals surface area contributed by atoms with E-state index in [-0.39, 0.29) is 46.8 Å². The van der Waals surface area contributed by atoms with Crippen molar-refractivity contribution in [1.29, 1.82) is 5.26 Å². The molecule has 0 unspecified atom stereocenters. The Morgan fingerprint density at radius 2 is 1.85 bits per heavy atom. The first-order valence-corrected chi connectivity index (χ1v) is 12.1. The Morgan fingerprint density at radius 3 is 2.48 bits per heavy atom. The molecule has 176 valence electrons. The van der Waals surface area contributed by atoms with Gasteiger partial charge in [-0.1, -0.05) is 6.07 Å². The minimum Gasteiger partial charge on any atom is -0.359 e. The summed E-state index contributed by atoms with van der Waals surface area (Å²) in [7, 11) is -2.44. The molecule has 0 heterocycles. The van der Waals surface area contributed by atoms with Gasteiger partial charge in [-0.15, -0.1) is 0 Å².